The fourth-order valence-corrected chi connectivity index (χ4v) is 2.93. The van der Waals surface area contributed by atoms with E-state index in [-0.39, 0.29) is 5.69 Å². The molecule has 1 aromatic carbocycles. The van der Waals surface area contributed by atoms with Crippen LogP contribution >= 0.6 is 0 Å². The first-order chi connectivity index (χ1) is 10.8. The van der Waals surface area contributed by atoms with Crippen LogP contribution in [0.5, 0.6) is 0 Å². The lowest BCUT2D eigenvalue weighted by Gasteiger charge is -2.15. The maximum Gasteiger partial charge on any atom is 0.359 e. The molecule has 0 aliphatic rings. The van der Waals surface area contributed by atoms with Crippen molar-refractivity contribution in [3.8, 4) is 0 Å². The molecule has 1 heterocycles. The zero-order valence-electron chi connectivity index (χ0n) is 14.3. The number of aromatic nitrogens is 2. The number of nitrogen functional groups attached to an aromatic ring is 1. The fourth-order valence-electron chi connectivity index (χ4n) is 2.17. The molecule has 2 rings (SSSR count). The third kappa shape index (κ3) is 4.55. The lowest BCUT2D eigenvalue weighted by atomic mass is 10.2. The van der Waals surface area contributed by atoms with E-state index in [1.807, 2.05) is 6.07 Å². The first kappa shape index (κ1) is 17.5. The van der Waals surface area contributed by atoms with Gasteiger partial charge in [0.05, 0.1) is 12.1 Å². The van der Waals surface area contributed by atoms with Gasteiger partial charge in [-0.25, -0.2) is 9.48 Å². The van der Waals surface area contributed by atoms with Crippen molar-refractivity contribution in [3.63, 3.8) is 0 Å². The van der Waals surface area contributed by atoms with E-state index in [4.69, 9.17) is 15.2 Å². The van der Waals surface area contributed by atoms with Crippen molar-refractivity contribution >= 4 is 30.6 Å². The molecule has 6 nitrogen and oxygen atoms in total. The number of carbonyl (C=O) groups excluding carboxylic acids is 1. The Morgan fingerprint density at radius 1 is 1.35 bits per heavy atom. The second kappa shape index (κ2) is 7.14. The Bertz CT molecular complexity index is 692. The summed E-state index contributed by atoms with van der Waals surface area (Å²) >= 11 is 0. The third-order valence-corrected chi connectivity index (χ3v) is 5.16. The van der Waals surface area contributed by atoms with Crippen LogP contribution in [0.25, 0.3) is 10.9 Å². The first-order valence-electron chi connectivity index (χ1n) is 7.83. The van der Waals surface area contributed by atoms with Crippen molar-refractivity contribution in [2.75, 3.05) is 18.9 Å². The van der Waals surface area contributed by atoms with Gasteiger partial charge in [-0.05, 0) is 31.2 Å². The summed E-state index contributed by atoms with van der Waals surface area (Å²) in [6.45, 7) is 10.0. The Morgan fingerprint density at radius 3 is 2.74 bits per heavy atom. The number of nitrogens with zero attached hydrogens (tertiary/aromatic N) is 2. The molecule has 0 saturated carbocycles. The van der Waals surface area contributed by atoms with Crippen molar-refractivity contribution in [3.05, 3.63) is 23.9 Å². The van der Waals surface area contributed by atoms with Crippen molar-refractivity contribution in [2.24, 2.45) is 0 Å². The Kier molecular flexibility index (Phi) is 5.43. The molecule has 2 N–H and O–H groups in total. The second-order valence-electron chi connectivity index (χ2n) is 6.69. The lowest BCUT2D eigenvalue weighted by Crippen LogP contribution is -2.22. The summed E-state index contributed by atoms with van der Waals surface area (Å²) < 4.78 is 12.5. The van der Waals surface area contributed by atoms with E-state index in [2.05, 4.69) is 24.7 Å². The number of esters is 1. The zero-order valence-corrected chi connectivity index (χ0v) is 15.3. The van der Waals surface area contributed by atoms with Crippen LogP contribution < -0.4 is 5.73 Å². The highest BCUT2D eigenvalue weighted by molar-refractivity contribution is 6.76. The Balaban J connectivity index is 2.21. The quantitative estimate of drug-likeness (QED) is 0.364. The molecule has 0 bridgehead atoms. The van der Waals surface area contributed by atoms with E-state index >= 15 is 0 Å². The number of hydrogen-bond donors (Lipinski definition) is 1. The molecule has 23 heavy (non-hydrogen) atoms. The molecule has 1 aromatic heterocycles. The Morgan fingerprint density at radius 2 is 2.09 bits per heavy atom. The van der Waals surface area contributed by atoms with E-state index in [0.717, 1.165) is 11.6 Å². The first-order valence-corrected chi connectivity index (χ1v) is 11.5. The largest absolute Gasteiger partial charge is 0.461 e. The van der Waals surface area contributed by atoms with Gasteiger partial charge in [0.2, 0.25) is 0 Å². The second-order valence-corrected chi connectivity index (χ2v) is 12.3. The molecule has 0 aliphatic heterocycles. The van der Waals surface area contributed by atoms with Crippen LogP contribution in [-0.4, -0.2) is 37.0 Å². The standard InChI is InChI=1S/C16H25N3O3Si/c1-5-22-16(20)15-13-10-12(17)6-7-14(13)19(18-15)11-21-8-9-23(2,3)4/h6-7,10H,5,8-9,11,17H2,1-4H3. The highest BCUT2D eigenvalue weighted by Gasteiger charge is 2.19. The molecule has 126 valence electrons. The van der Waals surface area contributed by atoms with Crippen LogP contribution in [0.2, 0.25) is 25.7 Å². The van der Waals surface area contributed by atoms with Crippen LogP contribution in [0.4, 0.5) is 5.69 Å². The van der Waals surface area contributed by atoms with Gasteiger partial charge in [-0.15, -0.1) is 0 Å². The highest BCUT2D eigenvalue weighted by atomic mass is 28.3. The van der Waals surface area contributed by atoms with E-state index in [1.165, 1.54) is 0 Å². The molecule has 0 atom stereocenters. The summed E-state index contributed by atoms with van der Waals surface area (Å²) in [5, 5.41) is 5.05. The minimum absolute atomic E-state index is 0.281. The number of fused-ring (bicyclic) bond motifs is 1. The number of benzene rings is 1. The van der Waals surface area contributed by atoms with Gasteiger partial charge in [-0.1, -0.05) is 19.6 Å². The lowest BCUT2D eigenvalue weighted by molar-refractivity contribution is 0.0513. The van der Waals surface area contributed by atoms with Crippen LogP contribution in [-0.2, 0) is 16.2 Å². The van der Waals surface area contributed by atoms with Crippen molar-refractivity contribution in [1.82, 2.24) is 9.78 Å². The molecular formula is C16H25N3O3Si. The number of anilines is 1. The molecule has 0 radical (unpaired) electrons. The maximum atomic E-state index is 12.1. The summed E-state index contributed by atoms with van der Waals surface area (Å²) in [6, 6.07) is 6.47. The highest BCUT2D eigenvalue weighted by Crippen LogP contribution is 2.22. The summed E-state index contributed by atoms with van der Waals surface area (Å²) in [5.74, 6) is -0.441. The minimum atomic E-state index is -1.13. The Labute approximate surface area is 137 Å². The number of nitrogens with two attached hydrogens (primary N) is 1. The topological polar surface area (TPSA) is 79.4 Å². The van der Waals surface area contributed by atoms with E-state index in [1.54, 1.807) is 23.7 Å². The van der Waals surface area contributed by atoms with E-state index < -0.39 is 14.0 Å². The summed E-state index contributed by atoms with van der Waals surface area (Å²) in [6.07, 6.45) is 0. The molecule has 0 fully saturated rings. The molecule has 0 spiro atoms. The van der Waals surface area contributed by atoms with Crippen molar-refractivity contribution in [1.29, 1.82) is 0 Å². The fraction of sp³-hybridized carbons (Fsp3) is 0.500. The summed E-state index contributed by atoms with van der Waals surface area (Å²) in [7, 11) is -1.13. The van der Waals surface area contributed by atoms with Crippen LogP contribution in [0, 0.1) is 0 Å². The summed E-state index contributed by atoms with van der Waals surface area (Å²) in [4.78, 5) is 12.1. The maximum absolute atomic E-state index is 12.1. The predicted molar refractivity (Wildman–Crippen MR) is 94.2 cm³/mol. The normalized spacial score (nSPS) is 11.8. The summed E-state index contributed by atoms with van der Waals surface area (Å²) in [5.41, 5.74) is 7.51. The molecule has 2 aromatic rings. The smallest absolute Gasteiger partial charge is 0.359 e. The monoisotopic (exact) mass is 335 g/mol. The zero-order chi connectivity index (χ0) is 17.0. The van der Waals surface area contributed by atoms with Crippen molar-refractivity contribution < 1.29 is 14.3 Å². The molecular weight excluding hydrogens is 310 g/mol. The number of ether oxygens (including phenoxy) is 2. The average molecular weight is 335 g/mol. The van der Waals surface area contributed by atoms with Gasteiger partial charge >= 0.3 is 5.97 Å². The van der Waals surface area contributed by atoms with Crippen LogP contribution in [0.1, 0.15) is 17.4 Å². The van der Waals surface area contributed by atoms with Gasteiger partial charge in [-0.2, -0.15) is 5.10 Å². The van der Waals surface area contributed by atoms with Gasteiger partial charge in [-0.3, -0.25) is 0 Å². The van der Waals surface area contributed by atoms with E-state index in [9.17, 15) is 4.79 Å². The molecule has 7 heteroatoms. The van der Waals surface area contributed by atoms with Gasteiger partial charge in [0, 0.05) is 25.8 Å². The van der Waals surface area contributed by atoms with Gasteiger partial charge in [0.1, 0.15) is 6.73 Å². The molecule has 0 saturated heterocycles. The van der Waals surface area contributed by atoms with Gasteiger partial charge < -0.3 is 15.2 Å². The SMILES string of the molecule is CCOC(=O)c1nn(COCC[Si](C)(C)C)c2ccc(N)cc12. The van der Waals surface area contributed by atoms with Crippen LogP contribution in [0.3, 0.4) is 0 Å². The molecule has 0 aliphatic carbocycles. The van der Waals surface area contributed by atoms with E-state index in [0.29, 0.717) is 31.0 Å². The molecule has 0 unspecified atom stereocenters. The average Bonchev–Trinajstić information content (AvgIpc) is 2.81. The third-order valence-electron chi connectivity index (χ3n) is 3.45. The number of carbonyl (C=O) groups is 1. The van der Waals surface area contributed by atoms with Gasteiger partial charge in [0.15, 0.2) is 5.69 Å². The predicted octanol–water partition coefficient (Wildman–Crippen LogP) is 3.11. The van der Waals surface area contributed by atoms with Gasteiger partial charge in [0.25, 0.3) is 0 Å². The van der Waals surface area contributed by atoms with Crippen molar-refractivity contribution in [2.45, 2.75) is 39.3 Å². The number of hydrogen-bond acceptors (Lipinski definition) is 5. The minimum Gasteiger partial charge on any atom is -0.461 e. The Hall–Kier alpha value is -1.86. The molecule has 0 amide bonds. The number of rotatable bonds is 7. The van der Waals surface area contributed by atoms with Crippen LogP contribution in [0.15, 0.2) is 18.2 Å².